The molecule has 1 amide bonds. The number of hydrogen-bond acceptors (Lipinski definition) is 5. The highest BCUT2D eigenvalue weighted by Gasteiger charge is 2.40. The van der Waals surface area contributed by atoms with E-state index in [1.54, 1.807) is 16.8 Å². The Balaban J connectivity index is 1.57. The number of hydrogen-bond donors (Lipinski definition) is 1. The van der Waals surface area contributed by atoms with Crippen molar-refractivity contribution in [2.45, 2.75) is 67.1 Å². The van der Waals surface area contributed by atoms with Crippen LogP contribution >= 0.6 is 0 Å². The monoisotopic (exact) mass is 439 g/mol. The average Bonchev–Trinajstić information content (AvgIpc) is 3.68. The first kappa shape index (κ1) is 20.2. The number of carbonyl (C=O) groups is 2. The van der Waals surface area contributed by atoms with Crippen LogP contribution in [0.5, 0.6) is 0 Å². The van der Waals surface area contributed by atoms with Crippen LogP contribution in [0, 0.1) is 0 Å². The summed E-state index contributed by atoms with van der Waals surface area (Å²) >= 11 is 0. The molecule has 0 spiro atoms. The number of anilines is 1. The van der Waals surface area contributed by atoms with E-state index in [1.807, 2.05) is 12.3 Å². The normalized spacial score (nSPS) is 21.3. The Bertz CT molecular complexity index is 1190. The van der Waals surface area contributed by atoms with Gasteiger partial charge in [0.05, 0.1) is 16.2 Å². The minimum Gasteiger partial charge on any atom is -0.305 e. The SMILES string of the molecule is C=CC(=O)Nc1nn([C@H]2CCC(=O)C2)cc1-c1ccc(S(=O)(=O)C2CC2)c(C2CC2)c1. The van der Waals surface area contributed by atoms with Gasteiger partial charge in [0.25, 0.3) is 0 Å². The van der Waals surface area contributed by atoms with Crippen molar-refractivity contribution in [2.24, 2.45) is 0 Å². The van der Waals surface area contributed by atoms with Crippen molar-refractivity contribution in [2.75, 3.05) is 5.32 Å². The highest BCUT2D eigenvalue weighted by molar-refractivity contribution is 7.92. The highest BCUT2D eigenvalue weighted by Crippen LogP contribution is 2.47. The van der Waals surface area contributed by atoms with Gasteiger partial charge < -0.3 is 5.32 Å². The molecule has 3 fully saturated rings. The summed E-state index contributed by atoms with van der Waals surface area (Å²) in [5.74, 6) is 0.495. The average molecular weight is 440 g/mol. The maximum absolute atomic E-state index is 12.9. The Morgan fingerprint density at radius 3 is 2.58 bits per heavy atom. The van der Waals surface area contributed by atoms with Crippen LogP contribution in [-0.4, -0.2) is 35.1 Å². The number of rotatable bonds is 7. The molecule has 3 aliphatic rings. The van der Waals surface area contributed by atoms with E-state index in [1.165, 1.54) is 6.08 Å². The van der Waals surface area contributed by atoms with Crippen LogP contribution in [0.2, 0.25) is 0 Å². The number of nitrogens with zero attached hydrogens (tertiary/aromatic N) is 2. The van der Waals surface area contributed by atoms with Gasteiger partial charge in [-0.3, -0.25) is 14.3 Å². The molecule has 31 heavy (non-hydrogen) atoms. The Morgan fingerprint density at radius 1 is 1.19 bits per heavy atom. The molecule has 0 aliphatic heterocycles. The largest absolute Gasteiger partial charge is 0.305 e. The molecule has 5 rings (SSSR count). The summed E-state index contributed by atoms with van der Waals surface area (Å²) in [5.41, 5.74) is 2.40. The third kappa shape index (κ3) is 3.84. The maximum atomic E-state index is 12.9. The van der Waals surface area contributed by atoms with Gasteiger partial charge >= 0.3 is 0 Å². The summed E-state index contributed by atoms with van der Waals surface area (Å²) in [7, 11) is -3.29. The molecule has 1 aromatic carbocycles. The fourth-order valence-corrected chi connectivity index (χ4v) is 6.24. The van der Waals surface area contributed by atoms with Crippen molar-refractivity contribution in [3.63, 3.8) is 0 Å². The summed E-state index contributed by atoms with van der Waals surface area (Å²) in [4.78, 5) is 24.2. The summed E-state index contributed by atoms with van der Waals surface area (Å²) in [5, 5.41) is 7.07. The molecule has 0 saturated heterocycles. The Labute approximate surface area is 181 Å². The van der Waals surface area contributed by atoms with Gasteiger partial charge in [-0.1, -0.05) is 12.6 Å². The van der Waals surface area contributed by atoms with E-state index in [9.17, 15) is 18.0 Å². The van der Waals surface area contributed by atoms with Crippen LogP contribution in [0.3, 0.4) is 0 Å². The van der Waals surface area contributed by atoms with E-state index in [-0.39, 0.29) is 28.9 Å². The maximum Gasteiger partial charge on any atom is 0.248 e. The second-order valence-corrected chi connectivity index (χ2v) is 11.0. The zero-order chi connectivity index (χ0) is 21.8. The number of sulfone groups is 1. The first-order valence-corrected chi connectivity index (χ1v) is 12.3. The lowest BCUT2D eigenvalue weighted by atomic mass is 10.0. The summed E-state index contributed by atoms with van der Waals surface area (Å²) < 4.78 is 27.6. The number of carbonyl (C=O) groups excluding carboxylic acids is 2. The second-order valence-electron chi connectivity index (χ2n) is 8.77. The van der Waals surface area contributed by atoms with Crippen LogP contribution in [0.1, 0.15) is 62.5 Å². The number of Topliss-reactive ketones (excluding diaryl/α,β-unsaturated/α-hetero) is 1. The zero-order valence-electron chi connectivity index (χ0n) is 17.2. The second kappa shape index (κ2) is 7.44. The first-order valence-electron chi connectivity index (χ1n) is 10.8. The van der Waals surface area contributed by atoms with Gasteiger partial charge in [-0.25, -0.2) is 8.42 Å². The van der Waals surface area contributed by atoms with E-state index in [4.69, 9.17) is 0 Å². The topological polar surface area (TPSA) is 98.1 Å². The molecule has 7 nitrogen and oxygen atoms in total. The fraction of sp³-hybridized carbons (Fsp3) is 0.435. The fourth-order valence-electron chi connectivity index (χ4n) is 4.32. The summed E-state index contributed by atoms with van der Waals surface area (Å²) in [6.07, 6.45) is 8.17. The van der Waals surface area contributed by atoms with Crippen LogP contribution in [-0.2, 0) is 19.4 Å². The number of amides is 1. The minimum absolute atomic E-state index is 0.0296. The van der Waals surface area contributed by atoms with Crippen molar-refractivity contribution in [3.8, 4) is 11.1 Å². The third-order valence-electron chi connectivity index (χ3n) is 6.36. The highest BCUT2D eigenvalue weighted by atomic mass is 32.2. The lowest BCUT2D eigenvalue weighted by Crippen LogP contribution is -2.11. The lowest BCUT2D eigenvalue weighted by Gasteiger charge is -2.12. The zero-order valence-corrected chi connectivity index (χ0v) is 18.0. The van der Waals surface area contributed by atoms with Gasteiger partial charge in [-0.2, -0.15) is 5.10 Å². The van der Waals surface area contributed by atoms with E-state index >= 15 is 0 Å². The lowest BCUT2D eigenvalue weighted by molar-refractivity contribution is -0.117. The molecule has 1 atom stereocenters. The molecule has 1 heterocycles. The van der Waals surface area contributed by atoms with Gasteiger partial charge in [0.1, 0.15) is 5.78 Å². The molecule has 3 saturated carbocycles. The number of ketones is 1. The predicted molar refractivity (Wildman–Crippen MR) is 117 cm³/mol. The molecule has 1 aromatic heterocycles. The molecule has 8 heteroatoms. The summed E-state index contributed by atoms with van der Waals surface area (Å²) in [6.45, 7) is 3.50. The third-order valence-corrected chi connectivity index (χ3v) is 8.69. The van der Waals surface area contributed by atoms with E-state index in [2.05, 4.69) is 17.0 Å². The van der Waals surface area contributed by atoms with Gasteiger partial charge in [-0.05, 0) is 67.4 Å². The number of aromatic nitrogens is 2. The molecule has 1 N–H and O–H groups in total. The van der Waals surface area contributed by atoms with E-state index in [0.29, 0.717) is 29.1 Å². The van der Waals surface area contributed by atoms with Crippen molar-refractivity contribution in [3.05, 3.63) is 42.6 Å². The van der Waals surface area contributed by atoms with Gasteiger partial charge in [0.2, 0.25) is 5.91 Å². The quantitative estimate of drug-likeness (QED) is 0.662. The van der Waals surface area contributed by atoms with Crippen LogP contribution in [0.25, 0.3) is 11.1 Å². The molecule has 0 bridgehead atoms. The molecular formula is C23H25N3O4S. The summed E-state index contributed by atoms with van der Waals surface area (Å²) in [6, 6.07) is 5.42. The number of nitrogens with one attached hydrogen (secondary N) is 1. The molecule has 0 radical (unpaired) electrons. The smallest absolute Gasteiger partial charge is 0.248 e. The molecule has 0 unspecified atom stereocenters. The van der Waals surface area contributed by atoms with E-state index < -0.39 is 9.84 Å². The molecular weight excluding hydrogens is 414 g/mol. The van der Waals surface area contributed by atoms with Crippen molar-refractivity contribution >= 4 is 27.3 Å². The Morgan fingerprint density at radius 2 is 1.97 bits per heavy atom. The van der Waals surface area contributed by atoms with Crippen molar-refractivity contribution in [1.82, 2.24) is 9.78 Å². The van der Waals surface area contributed by atoms with Gasteiger partial charge in [0.15, 0.2) is 15.7 Å². The van der Waals surface area contributed by atoms with Crippen molar-refractivity contribution < 1.29 is 18.0 Å². The van der Waals surface area contributed by atoms with E-state index in [0.717, 1.165) is 43.2 Å². The Kier molecular flexibility index (Phi) is 4.84. The molecule has 162 valence electrons. The minimum atomic E-state index is -3.29. The van der Waals surface area contributed by atoms with Gasteiger partial charge in [0, 0.05) is 24.6 Å². The first-order chi connectivity index (χ1) is 14.9. The molecule has 2 aromatic rings. The van der Waals surface area contributed by atoms with Crippen LogP contribution < -0.4 is 5.32 Å². The Hall–Kier alpha value is -2.74. The predicted octanol–water partition coefficient (Wildman–Crippen LogP) is 3.78. The van der Waals surface area contributed by atoms with Crippen molar-refractivity contribution in [1.29, 1.82) is 0 Å². The van der Waals surface area contributed by atoms with Crippen LogP contribution in [0.15, 0.2) is 41.9 Å². The number of benzene rings is 1. The van der Waals surface area contributed by atoms with Gasteiger partial charge in [-0.15, -0.1) is 0 Å². The standard InChI is InChI=1S/C23H25N3O4S/c1-2-22(28)24-23-20(13-26(25-23)16-6-7-17(27)12-16)15-5-10-21(19(11-15)14-3-4-14)31(29,30)18-8-9-18/h2,5,10-11,13-14,16,18H,1,3-4,6-9,12H2,(H,24,25,28)/t16-/m0/s1. The molecule has 3 aliphatic carbocycles. The van der Waals surface area contributed by atoms with Crippen LogP contribution in [0.4, 0.5) is 5.82 Å².